The van der Waals surface area contributed by atoms with Crippen LogP contribution in [0.4, 0.5) is 0 Å². The Morgan fingerprint density at radius 3 is 0.500 bits per heavy atom. The predicted molar refractivity (Wildman–Crippen MR) is 9.94 cm³/mol. The minimum atomic E-state index is 0. The van der Waals surface area contributed by atoms with Crippen LogP contribution in [-0.2, 0) is 51.2 Å². The fourth-order valence-electron chi connectivity index (χ4n) is 0. The zero-order valence-electron chi connectivity index (χ0n) is 0.905. The molecule has 0 spiro atoms. The third-order valence-corrected chi connectivity index (χ3v) is 0. The van der Waals surface area contributed by atoms with Crippen LogP contribution in [-0.4, -0.2) is 19.8 Å². The second-order valence-electron chi connectivity index (χ2n) is 0. The Morgan fingerprint density at radius 1 is 0.500 bits per heavy atom. The Morgan fingerprint density at radius 2 is 0.500 bits per heavy atom. The van der Waals surface area contributed by atoms with Crippen molar-refractivity contribution in [1.82, 2.24) is 0 Å². The molecule has 0 aromatic carbocycles. The molecule has 0 bridgehead atoms. The molecule has 0 N–H and O–H groups in total. The molecule has 0 aliphatic carbocycles. The van der Waals surface area contributed by atoms with Gasteiger partial charge in [-0.15, -0.1) is 0 Å². The number of rotatable bonds is 0. The molecule has 0 aliphatic rings. The molecule has 0 aromatic heterocycles. The van der Waals surface area contributed by atoms with Gasteiger partial charge in [-0.2, -0.15) is 0 Å². The van der Waals surface area contributed by atoms with Gasteiger partial charge in [0.05, 0.1) is 0 Å². The van der Waals surface area contributed by atoms with E-state index in [1.807, 2.05) is 0 Å². The Labute approximate surface area is 70.3 Å². The summed E-state index contributed by atoms with van der Waals surface area (Å²) in [5, 5.41) is 0. The van der Waals surface area contributed by atoms with Crippen molar-refractivity contribution in [2.45, 2.75) is 0 Å². The SMILES string of the molecule is [Cu].[Cu].[Cu].[GaH3]. The van der Waals surface area contributed by atoms with E-state index in [0.717, 1.165) is 0 Å². The van der Waals surface area contributed by atoms with Crippen LogP contribution in [0.15, 0.2) is 0 Å². The van der Waals surface area contributed by atoms with Crippen LogP contribution >= 0.6 is 0 Å². The second kappa shape index (κ2) is 19.0. The van der Waals surface area contributed by atoms with Crippen molar-refractivity contribution in [3.8, 4) is 0 Å². The van der Waals surface area contributed by atoms with Crippen molar-refractivity contribution in [2.75, 3.05) is 0 Å². The molecule has 3 radical (unpaired) electrons. The van der Waals surface area contributed by atoms with E-state index < -0.39 is 0 Å². The first kappa shape index (κ1) is 34.7. The molecule has 0 rings (SSSR count). The first-order valence-corrected chi connectivity index (χ1v) is 0. The van der Waals surface area contributed by atoms with Gasteiger partial charge in [0, 0.05) is 51.2 Å². The van der Waals surface area contributed by atoms with Crippen LogP contribution < -0.4 is 0 Å². The average Bonchev–Trinajstić information content (AvgIpc) is 0. The van der Waals surface area contributed by atoms with Gasteiger partial charge in [-0.1, -0.05) is 0 Å². The Balaban J connectivity index is 0. The van der Waals surface area contributed by atoms with Crippen LogP contribution in [0.2, 0.25) is 0 Å². The quantitative estimate of drug-likeness (QED) is 0.482. The van der Waals surface area contributed by atoms with E-state index in [0.29, 0.717) is 0 Å². The molecule has 0 aromatic rings. The van der Waals surface area contributed by atoms with Crippen molar-refractivity contribution in [2.24, 2.45) is 0 Å². The van der Waals surface area contributed by atoms with Gasteiger partial charge >= 0.3 is 19.8 Å². The molecule has 0 atom stereocenters. The van der Waals surface area contributed by atoms with E-state index in [4.69, 9.17) is 0 Å². The van der Waals surface area contributed by atoms with Crippen molar-refractivity contribution >= 4 is 19.8 Å². The molecule has 0 saturated heterocycles. The van der Waals surface area contributed by atoms with Gasteiger partial charge in [-0.3, -0.25) is 0 Å². The van der Waals surface area contributed by atoms with Gasteiger partial charge in [0.2, 0.25) is 0 Å². The molecule has 0 nitrogen and oxygen atoms in total. The molecule has 0 fully saturated rings. The molecule has 0 heterocycles. The first-order chi connectivity index (χ1) is 0. The fourth-order valence-corrected chi connectivity index (χ4v) is 0. The van der Waals surface area contributed by atoms with Gasteiger partial charge in [0.1, 0.15) is 0 Å². The summed E-state index contributed by atoms with van der Waals surface area (Å²) in [5.74, 6) is 0. The maximum atomic E-state index is 0. The summed E-state index contributed by atoms with van der Waals surface area (Å²) in [5.41, 5.74) is 0. The van der Waals surface area contributed by atoms with Crippen molar-refractivity contribution in [1.29, 1.82) is 0 Å². The molecule has 0 saturated carbocycles. The van der Waals surface area contributed by atoms with Crippen LogP contribution in [0, 0.1) is 0 Å². The third-order valence-electron chi connectivity index (χ3n) is 0. The summed E-state index contributed by atoms with van der Waals surface area (Å²) in [7, 11) is 0. The van der Waals surface area contributed by atoms with Gasteiger partial charge in [0.25, 0.3) is 0 Å². The fraction of sp³-hybridized carbons (Fsp3) is 0. The van der Waals surface area contributed by atoms with Crippen molar-refractivity contribution in [3.05, 3.63) is 0 Å². The topological polar surface area (TPSA) is 0 Å². The van der Waals surface area contributed by atoms with E-state index >= 15 is 0 Å². The first-order valence-electron chi connectivity index (χ1n) is 0. The summed E-state index contributed by atoms with van der Waals surface area (Å²) in [6.07, 6.45) is 0. The van der Waals surface area contributed by atoms with Crippen molar-refractivity contribution in [3.63, 3.8) is 0 Å². The van der Waals surface area contributed by atoms with Crippen LogP contribution in [0.1, 0.15) is 0 Å². The second-order valence-corrected chi connectivity index (χ2v) is 0. The van der Waals surface area contributed by atoms with Crippen LogP contribution in [0.3, 0.4) is 0 Å². The van der Waals surface area contributed by atoms with Gasteiger partial charge in [0.15, 0.2) is 0 Å². The van der Waals surface area contributed by atoms with Crippen LogP contribution in [0.25, 0.3) is 0 Å². The average molecular weight is 263 g/mol. The van der Waals surface area contributed by atoms with Crippen molar-refractivity contribution < 1.29 is 51.2 Å². The summed E-state index contributed by atoms with van der Waals surface area (Å²) < 4.78 is 0. The molecular formula is H3Cu3Ga. The Kier molecular flexibility index (Phi) is 165. The zero-order valence-corrected chi connectivity index (χ0v) is 3.73. The predicted octanol–water partition coefficient (Wildman–Crippen LogP) is -1.19. The zero-order chi connectivity index (χ0) is 0. The van der Waals surface area contributed by atoms with E-state index in [-0.39, 0.29) is 71.0 Å². The molecule has 0 amide bonds. The standard InChI is InChI=1S/3Cu.Ga.3H. The molecule has 4 heteroatoms. The molecular weight excluding hydrogens is 260 g/mol. The van der Waals surface area contributed by atoms with Gasteiger partial charge < -0.3 is 0 Å². The minimum absolute atomic E-state index is 0. The molecule has 0 aliphatic heterocycles. The Bertz CT molecular complexity index is 3.25. The van der Waals surface area contributed by atoms with E-state index in [9.17, 15) is 0 Å². The maximum absolute atomic E-state index is 0. The monoisotopic (exact) mass is 261 g/mol. The molecule has 4 heavy (non-hydrogen) atoms. The molecule has 0 unspecified atom stereocenters. The summed E-state index contributed by atoms with van der Waals surface area (Å²) in [6.45, 7) is 0. The summed E-state index contributed by atoms with van der Waals surface area (Å²) in [4.78, 5) is 0. The van der Waals surface area contributed by atoms with E-state index in [1.165, 1.54) is 0 Å². The third kappa shape index (κ3) is 8.89. The van der Waals surface area contributed by atoms with Crippen LogP contribution in [0.5, 0.6) is 0 Å². The van der Waals surface area contributed by atoms with E-state index in [2.05, 4.69) is 0 Å². The summed E-state index contributed by atoms with van der Waals surface area (Å²) >= 11 is 0. The number of hydrogen-bond donors (Lipinski definition) is 0. The van der Waals surface area contributed by atoms with Gasteiger partial charge in [-0.25, -0.2) is 0 Å². The van der Waals surface area contributed by atoms with E-state index in [1.54, 1.807) is 0 Å². The van der Waals surface area contributed by atoms with Gasteiger partial charge in [-0.05, 0) is 0 Å². The molecule has 39 valence electrons. The Hall–Kier alpha value is 2.19. The number of hydrogen-bond acceptors (Lipinski definition) is 0. The summed E-state index contributed by atoms with van der Waals surface area (Å²) in [6, 6.07) is 0. The normalized spacial score (nSPS) is 0.